The lowest BCUT2D eigenvalue weighted by atomic mass is 10.2. The molecule has 16 heavy (non-hydrogen) atoms. The van der Waals surface area contributed by atoms with Crippen molar-refractivity contribution in [3.63, 3.8) is 0 Å². The van der Waals surface area contributed by atoms with E-state index in [9.17, 15) is 4.79 Å². The van der Waals surface area contributed by atoms with Crippen LogP contribution in [0.2, 0.25) is 0 Å². The fraction of sp³-hybridized carbons (Fsp3) is 0.0833. The highest BCUT2D eigenvalue weighted by Gasteiger charge is 2.04. The third-order valence-corrected chi connectivity index (χ3v) is 2.02. The zero-order chi connectivity index (χ0) is 11.4. The molecule has 0 spiro atoms. The molecule has 0 radical (unpaired) electrons. The number of hydrogen-bond donors (Lipinski definition) is 0. The first-order valence-corrected chi connectivity index (χ1v) is 4.78. The Balaban J connectivity index is 2.49. The van der Waals surface area contributed by atoms with Crippen molar-refractivity contribution in [3.8, 4) is 11.3 Å². The van der Waals surface area contributed by atoms with Crippen LogP contribution in [-0.4, -0.2) is 11.7 Å². The number of nitrogens with zero attached hydrogens (tertiary/aromatic N) is 2. The van der Waals surface area contributed by atoms with Crippen LogP contribution in [0.1, 0.15) is 5.89 Å². The molecule has 4 nitrogen and oxygen atoms in total. The summed E-state index contributed by atoms with van der Waals surface area (Å²) in [4.78, 5) is 18.7. The summed E-state index contributed by atoms with van der Waals surface area (Å²) in [6.07, 6.45) is 0. The summed E-state index contributed by atoms with van der Waals surface area (Å²) in [5.41, 5.74) is 0.510. The van der Waals surface area contributed by atoms with E-state index in [2.05, 4.69) is 16.7 Å². The normalized spacial score (nSPS) is 10.0. The Morgan fingerprint density at radius 1 is 1.31 bits per heavy atom. The van der Waals surface area contributed by atoms with Crippen LogP contribution in [0, 0.1) is 0 Å². The highest BCUT2D eigenvalue weighted by molar-refractivity contribution is 5.56. The topological polar surface area (TPSA) is 55.5 Å². The van der Waals surface area contributed by atoms with Crippen molar-refractivity contribution in [1.29, 1.82) is 0 Å². The molecule has 1 aromatic heterocycles. The monoisotopic (exact) mass is 214 g/mol. The molecule has 0 aliphatic carbocycles. The fourth-order valence-corrected chi connectivity index (χ4v) is 1.35. The van der Waals surface area contributed by atoms with Gasteiger partial charge in [0, 0.05) is 11.6 Å². The minimum atomic E-state index is -0.330. The van der Waals surface area contributed by atoms with Crippen molar-refractivity contribution in [1.82, 2.24) is 4.98 Å². The largest absolute Gasteiger partial charge is 0.440 e. The van der Waals surface area contributed by atoms with Crippen LogP contribution >= 0.6 is 0 Å². The maximum atomic E-state index is 11.3. The highest BCUT2D eigenvalue weighted by atomic mass is 16.3. The van der Waals surface area contributed by atoms with E-state index >= 15 is 0 Å². The van der Waals surface area contributed by atoms with Crippen LogP contribution < -0.4 is 5.56 Å². The molecular formula is C12H10N2O2. The molecule has 1 aromatic carbocycles. The third-order valence-electron chi connectivity index (χ3n) is 2.02. The zero-order valence-electron chi connectivity index (χ0n) is 8.59. The smallest absolute Gasteiger partial charge is 0.276 e. The van der Waals surface area contributed by atoms with Crippen LogP contribution in [0.25, 0.3) is 11.3 Å². The lowest BCUT2D eigenvalue weighted by molar-refractivity contribution is 0.478. The Bertz CT molecular complexity index is 546. The van der Waals surface area contributed by atoms with Crippen LogP contribution in [0.15, 0.2) is 50.6 Å². The standard InChI is InChI=1S/C12H10N2O2/c1-13-8-12-14-11(15)7-10(16-12)9-5-3-2-4-6-9/h2-7H,1,8H2. The Hall–Kier alpha value is -2.23. The zero-order valence-corrected chi connectivity index (χ0v) is 8.59. The molecule has 1 heterocycles. The summed E-state index contributed by atoms with van der Waals surface area (Å²) in [7, 11) is 0. The Morgan fingerprint density at radius 3 is 2.75 bits per heavy atom. The minimum absolute atomic E-state index is 0.204. The van der Waals surface area contributed by atoms with Crippen molar-refractivity contribution in [2.45, 2.75) is 6.54 Å². The van der Waals surface area contributed by atoms with Gasteiger partial charge in [0.1, 0.15) is 12.3 Å². The molecule has 0 bridgehead atoms. The van der Waals surface area contributed by atoms with E-state index in [-0.39, 0.29) is 18.0 Å². The van der Waals surface area contributed by atoms with E-state index < -0.39 is 0 Å². The van der Waals surface area contributed by atoms with Gasteiger partial charge in [-0.3, -0.25) is 9.79 Å². The van der Waals surface area contributed by atoms with Crippen LogP contribution in [0.4, 0.5) is 0 Å². The molecule has 0 N–H and O–H groups in total. The van der Waals surface area contributed by atoms with Gasteiger partial charge in [-0.15, -0.1) is 0 Å². The molecule has 0 aliphatic rings. The molecule has 0 atom stereocenters. The predicted molar refractivity (Wildman–Crippen MR) is 61.5 cm³/mol. The first-order chi connectivity index (χ1) is 7.79. The second-order valence-electron chi connectivity index (χ2n) is 3.20. The number of benzene rings is 1. The van der Waals surface area contributed by atoms with Gasteiger partial charge in [0.15, 0.2) is 0 Å². The summed E-state index contributed by atoms with van der Waals surface area (Å²) in [6, 6.07) is 10.7. The predicted octanol–water partition coefficient (Wildman–Crippen LogP) is 1.90. The summed E-state index contributed by atoms with van der Waals surface area (Å²) in [6.45, 7) is 3.54. The molecule has 0 aliphatic heterocycles. The van der Waals surface area contributed by atoms with Gasteiger partial charge in [0.05, 0.1) is 0 Å². The molecule has 0 fully saturated rings. The molecule has 0 unspecified atom stereocenters. The van der Waals surface area contributed by atoms with E-state index in [1.807, 2.05) is 30.3 Å². The Kier molecular flexibility index (Phi) is 2.91. The second kappa shape index (κ2) is 4.53. The van der Waals surface area contributed by atoms with Gasteiger partial charge in [0.25, 0.3) is 5.56 Å². The first-order valence-electron chi connectivity index (χ1n) is 4.78. The Morgan fingerprint density at radius 2 is 2.06 bits per heavy atom. The second-order valence-corrected chi connectivity index (χ2v) is 3.20. The molecule has 0 saturated carbocycles. The van der Waals surface area contributed by atoms with E-state index in [0.29, 0.717) is 5.76 Å². The van der Waals surface area contributed by atoms with Gasteiger partial charge in [0.2, 0.25) is 5.89 Å². The van der Waals surface area contributed by atoms with Crippen LogP contribution in [0.5, 0.6) is 0 Å². The van der Waals surface area contributed by atoms with Gasteiger partial charge < -0.3 is 4.42 Å². The first kappa shape index (κ1) is 10.3. The average Bonchev–Trinajstić information content (AvgIpc) is 2.30. The maximum Gasteiger partial charge on any atom is 0.276 e. The molecular weight excluding hydrogens is 204 g/mol. The van der Waals surface area contributed by atoms with Gasteiger partial charge >= 0.3 is 0 Å². The third kappa shape index (κ3) is 2.23. The van der Waals surface area contributed by atoms with E-state index in [0.717, 1.165) is 5.56 Å². The van der Waals surface area contributed by atoms with Crippen molar-refractivity contribution < 1.29 is 4.42 Å². The van der Waals surface area contributed by atoms with Gasteiger partial charge in [-0.1, -0.05) is 30.3 Å². The lowest BCUT2D eigenvalue weighted by Crippen LogP contribution is -2.07. The minimum Gasteiger partial charge on any atom is -0.440 e. The van der Waals surface area contributed by atoms with Crippen molar-refractivity contribution in [2.75, 3.05) is 0 Å². The highest BCUT2D eigenvalue weighted by Crippen LogP contribution is 2.17. The van der Waals surface area contributed by atoms with E-state index in [1.54, 1.807) is 0 Å². The number of aliphatic imine (C=N–C) groups is 1. The molecule has 0 amide bonds. The summed E-state index contributed by atoms with van der Waals surface area (Å²) in [5.74, 6) is 0.778. The van der Waals surface area contributed by atoms with Gasteiger partial charge in [-0.25, -0.2) is 0 Å². The van der Waals surface area contributed by atoms with Crippen molar-refractivity contribution in [2.24, 2.45) is 4.99 Å². The van der Waals surface area contributed by atoms with Crippen LogP contribution in [-0.2, 0) is 6.54 Å². The van der Waals surface area contributed by atoms with E-state index in [1.165, 1.54) is 6.07 Å². The van der Waals surface area contributed by atoms with Crippen molar-refractivity contribution >= 4 is 6.72 Å². The number of rotatable bonds is 3. The molecule has 4 heteroatoms. The molecule has 80 valence electrons. The SMILES string of the molecule is C=NCc1nc(=O)cc(-c2ccccc2)o1. The van der Waals surface area contributed by atoms with Gasteiger partial charge in [-0.2, -0.15) is 4.98 Å². The number of hydrogen-bond acceptors (Lipinski definition) is 4. The average molecular weight is 214 g/mol. The Labute approximate surface area is 92.3 Å². The van der Waals surface area contributed by atoms with Crippen molar-refractivity contribution in [3.05, 3.63) is 52.6 Å². The summed E-state index contributed by atoms with van der Waals surface area (Å²) in [5, 5.41) is 0. The molecule has 2 rings (SSSR count). The quantitative estimate of drug-likeness (QED) is 0.733. The fourth-order valence-electron chi connectivity index (χ4n) is 1.35. The lowest BCUT2D eigenvalue weighted by Gasteiger charge is -2.01. The van der Waals surface area contributed by atoms with E-state index in [4.69, 9.17) is 4.42 Å². The van der Waals surface area contributed by atoms with Gasteiger partial charge in [-0.05, 0) is 6.72 Å². The molecule has 2 aromatic rings. The summed E-state index contributed by atoms with van der Waals surface area (Å²) >= 11 is 0. The maximum absolute atomic E-state index is 11.3. The van der Waals surface area contributed by atoms with Crippen LogP contribution in [0.3, 0.4) is 0 Å². The number of aromatic nitrogens is 1. The molecule has 0 saturated heterocycles. The summed E-state index contributed by atoms with van der Waals surface area (Å²) < 4.78 is 5.44.